The molecule has 1 rings (SSSR count). The van der Waals surface area contributed by atoms with Gasteiger partial charge in [0.25, 0.3) is 0 Å². The van der Waals surface area contributed by atoms with E-state index < -0.39 is 0 Å². The van der Waals surface area contributed by atoms with Crippen LogP contribution in [0.25, 0.3) is 0 Å². The molecule has 0 aromatic heterocycles. The Kier molecular flexibility index (Phi) is 4.82. The van der Waals surface area contributed by atoms with Crippen molar-refractivity contribution >= 4 is 21.8 Å². The number of carbonyl (C=O) groups is 1. The van der Waals surface area contributed by atoms with Gasteiger partial charge in [-0.05, 0) is 31.4 Å². The van der Waals surface area contributed by atoms with Crippen LogP contribution in [0.5, 0.6) is 0 Å². The van der Waals surface area contributed by atoms with Crippen LogP contribution in [-0.4, -0.2) is 17.3 Å². The molecule has 1 aromatic rings. The van der Waals surface area contributed by atoms with Gasteiger partial charge in [-0.3, -0.25) is 4.79 Å². The van der Waals surface area contributed by atoms with Crippen LogP contribution in [0.1, 0.15) is 18.1 Å². The summed E-state index contributed by atoms with van der Waals surface area (Å²) in [5.41, 5.74) is 2.57. The summed E-state index contributed by atoms with van der Waals surface area (Å²) in [7, 11) is 0. The summed E-state index contributed by atoms with van der Waals surface area (Å²) in [6, 6.07) is 8.43. The number of hydrogen-bond donors (Lipinski definition) is 1. The standard InChI is InChI=1S/C12H16BrNO/c1-9-5-3-4-6-11(9)7-10(2)14-12(15)8-13/h3-6,10H,7-8H2,1-2H3,(H,14,15). The highest BCUT2D eigenvalue weighted by molar-refractivity contribution is 9.09. The van der Waals surface area contributed by atoms with E-state index in [1.807, 2.05) is 19.1 Å². The van der Waals surface area contributed by atoms with E-state index in [1.54, 1.807) is 0 Å². The minimum atomic E-state index is 0.0380. The lowest BCUT2D eigenvalue weighted by atomic mass is 10.0. The van der Waals surface area contributed by atoms with Crippen molar-refractivity contribution in [2.75, 3.05) is 5.33 Å². The van der Waals surface area contributed by atoms with E-state index in [0.717, 1.165) is 6.42 Å². The Bertz CT molecular complexity index is 338. The van der Waals surface area contributed by atoms with E-state index in [9.17, 15) is 4.79 Å². The lowest BCUT2D eigenvalue weighted by Crippen LogP contribution is -2.34. The number of nitrogens with one attached hydrogen (secondary N) is 1. The molecule has 0 heterocycles. The van der Waals surface area contributed by atoms with Crippen LogP contribution in [0.2, 0.25) is 0 Å². The quantitative estimate of drug-likeness (QED) is 0.836. The van der Waals surface area contributed by atoms with E-state index in [0.29, 0.717) is 5.33 Å². The zero-order chi connectivity index (χ0) is 11.3. The van der Waals surface area contributed by atoms with Crippen molar-refractivity contribution in [1.29, 1.82) is 0 Å². The fraction of sp³-hybridized carbons (Fsp3) is 0.417. The summed E-state index contributed by atoms with van der Waals surface area (Å²) in [6.45, 7) is 4.11. The summed E-state index contributed by atoms with van der Waals surface area (Å²) in [5, 5.41) is 3.29. The molecular formula is C12H16BrNO. The molecule has 2 nitrogen and oxygen atoms in total. The van der Waals surface area contributed by atoms with Crippen molar-refractivity contribution in [2.45, 2.75) is 26.3 Å². The van der Waals surface area contributed by atoms with Crippen molar-refractivity contribution in [2.24, 2.45) is 0 Å². The highest BCUT2D eigenvalue weighted by Gasteiger charge is 2.07. The Morgan fingerprint density at radius 3 is 2.73 bits per heavy atom. The molecule has 3 heteroatoms. The maximum atomic E-state index is 11.1. The van der Waals surface area contributed by atoms with Gasteiger partial charge in [-0.15, -0.1) is 0 Å². The van der Waals surface area contributed by atoms with Gasteiger partial charge in [0.2, 0.25) is 5.91 Å². The number of carbonyl (C=O) groups excluding carboxylic acids is 1. The first-order valence-corrected chi connectivity index (χ1v) is 6.15. The zero-order valence-corrected chi connectivity index (χ0v) is 10.7. The molecule has 0 bridgehead atoms. The third-order valence-corrected chi connectivity index (χ3v) is 2.83. The minimum absolute atomic E-state index is 0.0380. The van der Waals surface area contributed by atoms with Crippen LogP contribution in [-0.2, 0) is 11.2 Å². The molecule has 1 amide bonds. The number of halogens is 1. The van der Waals surface area contributed by atoms with Crippen LogP contribution in [0.4, 0.5) is 0 Å². The van der Waals surface area contributed by atoms with Crippen LogP contribution < -0.4 is 5.32 Å². The summed E-state index contributed by atoms with van der Waals surface area (Å²) in [5.74, 6) is 0.0380. The number of alkyl halides is 1. The first kappa shape index (κ1) is 12.2. The highest BCUT2D eigenvalue weighted by atomic mass is 79.9. The van der Waals surface area contributed by atoms with Gasteiger partial charge < -0.3 is 5.32 Å². The first-order chi connectivity index (χ1) is 7.13. The molecule has 0 spiro atoms. The summed E-state index contributed by atoms with van der Waals surface area (Å²) in [4.78, 5) is 11.1. The molecule has 0 saturated heterocycles. The van der Waals surface area contributed by atoms with Crippen molar-refractivity contribution in [3.63, 3.8) is 0 Å². The summed E-state index contributed by atoms with van der Waals surface area (Å²) < 4.78 is 0. The Labute approximate surface area is 99.2 Å². The highest BCUT2D eigenvalue weighted by Crippen LogP contribution is 2.09. The molecule has 0 saturated carbocycles. The van der Waals surface area contributed by atoms with E-state index in [2.05, 4.69) is 40.3 Å². The third kappa shape index (κ3) is 4.04. The van der Waals surface area contributed by atoms with Crippen LogP contribution >= 0.6 is 15.9 Å². The molecule has 1 N–H and O–H groups in total. The Balaban J connectivity index is 2.55. The molecule has 1 atom stereocenters. The SMILES string of the molecule is Cc1ccccc1CC(C)NC(=O)CBr. The molecule has 0 fully saturated rings. The zero-order valence-electron chi connectivity index (χ0n) is 9.09. The second-order valence-corrected chi connectivity index (χ2v) is 4.29. The summed E-state index contributed by atoms with van der Waals surface area (Å²) in [6.07, 6.45) is 0.880. The number of hydrogen-bond acceptors (Lipinski definition) is 1. The third-order valence-electron chi connectivity index (χ3n) is 2.32. The van der Waals surface area contributed by atoms with Crippen molar-refractivity contribution in [1.82, 2.24) is 5.32 Å². The molecule has 1 aromatic carbocycles. The molecule has 15 heavy (non-hydrogen) atoms. The van der Waals surface area contributed by atoms with Crippen molar-refractivity contribution < 1.29 is 4.79 Å². The Morgan fingerprint density at radius 1 is 1.47 bits per heavy atom. The van der Waals surface area contributed by atoms with Crippen molar-refractivity contribution in [3.8, 4) is 0 Å². The smallest absolute Gasteiger partial charge is 0.230 e. The van der Waals surface area contributed by atoms with E-state index in [1.165, 1.54) is 11.1 Å². The van der Waals surface area contributed by atoms with Crippen LogP contribution in [0.15, 0.2) is 24.3 Å². The lowest BCUT2D eigenvalue weighted by molar-refractivity contribution is -0.119. The maximum Gasteiger partial charge on any atom is 0.230 e. The number of rotatable bonds is 4. The van der Waals surface area contributed by atoms with Crippen LogP contribution in [0.3, 0.4) is 0 Å². The Hall–Kier alpha value is -0.830. The predicted molar refractivity (Wildman–Crippen MR) is 66.3 cm³/mol. The van der Waals surface area contributed by atoms with Gasteiger partial charge in [-0.2, -0.15) is 0 Å². The largest absolute Gasteiger partial charge is 0.353 e. The average molecular weight is 270 g/mol. The topological polar surface area (TPSA) is 29.1 Å². The average Bonchev–Trinajstić information content (AvgIpc) is 2.21. The second kappa shape index (κ2) is 5.91. The second-order valence-electron chi connectivity index (χ2n) is 3.73. The van der Waals surface area contributed by atoms with Gasteiger partial charge in [-0.25, -0.2) is 0 Å². The van der Waals surface area contributed by atoms with Gasteiger partial charge in [0.15, 0.2) is 0 Å². The molecule has 0 radical (unpaired) electrons. The van der Waals surface area contributed by atoms with Gasteiger partial charge in [0.1, 0.15) is 0 Å². The molecule has 0 aliphatic rings. The van der Waals surface area contributed by atoms with E-state index in [4.69, 9.17) is 0 Å². The monoisotopic (exact) mass is 269 g/mol. The first-order valence-electron chi connectivity index (χ1n) is 5.03. The number of amides is 1. The van der Waals surface area contributed by atoms with Gasteiger partial charge in [0.05, 0.1) is 5.33 Å². The molecule has 0 aliphatic carbocycles. The fourth-order valence-electron chi connectivity index (χ4n) is 1.53. The predicted octanol–water partition coefficient (Wildman–Crippen LogP) is 2.44. The lowest BCUT2D eigenvalue weighted by Gasteiger charge is -2.14. The van der Waals surface area contributed by atoms with Gasteiger partial charge in [0, 0.05) is 6.04 Å². The van der Waals surface area contributed by atoms with E-state index >= 15 is 0 Å². The molecular weight excluding hydrogens is 254 g/mol. The normalized spacial score (nSPS) is 12.2. The number of aryl methyl sites for hydroxylation is 1. The van der Waals surface area contributed by atoms with Gasteiger partial charge >= 0.3 is 0 Å². The van der Waals surface area contributed by atoms with Gasteiger partial charge in [-0.1, -0.05) is 40.2 Å². The summed E-state index contributed by atoms with van der Waals surface area (Å²) >= 11 is 3.13. The number of benzene rings is 1. The van der Waals surface area contributed by atoms with E-state index in [-0.39, 0.29) is 11.9 Å². The minimum Gasteiger partial charge on any atom is -0.353 e. The molecule has 82 valence electrons. The van der Waals surface area contributed by atoms with Crippen molar-refractivity contribution in [3.05, 3.63) is 35.4 Å². The van der Waals surface area contributed by atoms with Crippen LogP contribution in [0, 0.1) is 6.92 Å². The maximum absolute atomic E-state index is 11.1. The Morgan fingerprint density at radius 2 is 2.13 bits per heavy atom. The molecule has 0 aliphatic heterocycles. The molecule has 1 unspecified atom stereocenters. The fourth-order valence-corrected chi connectivity index (χ4v) is 1.70.